The number of nitrogens with one attached hydrogen (secondary N) is 1. The van der Waals surface area contributed by atoms with Crippen LogP contribution in [0, 0.1) is 0 Å². The van der Waals surface area contributed by atoms with Gasteiger partial charge in [-0.05, 0) is 12.1 Å². The van der Waals surface area contributed by atoms with E-state index in [-0.39, 0.29) is 11.8 Å². The topological polar surface area (TPSA) is 65.5 Å². The van der Waals surface area contributed by atoms with Gasteiger partial charge in [-0.25, -0.2) is 4.98 Å². The number of amides is 2. The number of aromatic nitrogens is 1. The minimum Gasteiger partial charge on any atom is -0.358 e. The van der Waals surface area contributed by atoms with Gasteiger partial charge in [0.1, 0.15) is 0 Å². The molecule has 0 unspecified atom stereocenters. The Labute approximate surface area is 161 Å². The molecule has 8 heteroatoms. The second kappa shape index (κ2) is 9.16. The van der Waals surface area contributed by atoms with Crippen molar-refractivity contribution in [3.63, 3.8) is 0 Å². The van der Waals surface area contributed by atoms with Crippen molar-refractivity contribution in [1.82, 2.24) is 20.1 Å². The molecule has 2 amide bonds. The first-order valence-electron chi connectivity index (χ1n) is 8.48. The van der Waals surface area contributed by atoms with E-state index in [1.807, 2.05) is 40.1 Å². The van der Waals surface area contributed by atoms with E-state index in [1.165, 1.54) is 0 Å². The van der Waals surface area contributed by atoms with E-state index >= 15 is 0 Å². The first-order valence-corrected chi connectivity index (χ1v) is 10.4. The number of nitrogens with zero attached hydrogens (tertiary/aromatic N) is 3. The van der Waals surface area contributed by atoms with Gasteiger partial charge >= 0.3 is 0 Å². The third-order valence-corrected chi connectivity index (χ3v) is 6.02. The summed E-state index contributed by atoms with van der Waals surface area (Å²) in [6, 6.07) is 7.75. The van der Waals surface area contributed by atoms with Crippen molar-refractivity contribution in [3.8, 4) is 0 Å². The summed E-state index contributed by atoms with van der Waals surface area (Å²) in [6.45, 7) is 3.10. The Morgan fingerprint density at radius 3 is 2.69 bits per heavy atom. The molecule has 1 aromatic heterocycles. The Morgan fingerprint density at radius 1 is 1.23 bits per heavy atom. The maximum Gasteiger partial charge on any atom is 0.255 e. The maximum atomic E-state index is 13.0. The summed E-state index contributed by atoms with van der Waals surface area (Å²) < 4.78 is 0. The van der Waals surface area contributed by atoms with Gasteiger partial charge in [-0.3, -0.25) is 14.5 Å². The molecule has 1 aromatic carbocycles. The van der Waals surface area contributed by atoms with E-state index in [1.54, 1.807) is 30.1 Å². The molecule has 1 saturated heterocycles. The van der Waals surface area contributed by atoms with Crippen molar-refractivity contribution in [3.05, 3.63) is 46.4 Å². The van der Waals surface area contributed by atoms with Crippen molar-refractivity contribution in [2.24, 2.45) is 0 Å². The smallest absolute Gasteiger partial charge is 0.255 e. The molecule has 1 aliphatic rings. The SMILES string of the molecule is CNC(=O)CN1CCN(C(=O)c2ccccc2SCc2cscn2)CC1. The highest BCUT2D eigenvalue weighted by Crippen LogP contribution is 2.27. The zero-order valence-corrected chi connectivity index (χ0v) is 16.3. The molecule has 2 heterocycles. The van der Waals surface area contributed by atoms with Crippen LogP contribution >= 0.6 is 23.1 Å². The largest absolute Gasteiger partial charge is 0.358 e. The molecule has 26 heavy (non-hydrogen) atoms. The Bertz CT molecular complexity index is 743. The van der Waals surface area contributed by atoms with Gasteiger partial charge < -0.3 is 10.2 Å². The Balaban J connectivity index is 1.60. The highest BCUT2D eigenvalue weighted by molar-refractivity contribution is 7.98. The van der Waals surface area contributed by atoms with Gasteiger partial charge in [0.05, 0.1) is 23.3 Å². The van der Waals surface area contributed by atoms with Gasteiger partial charge in [0.25, 0.3) is 5.91 Å². The van der Waals surface area contributed by atoms with E-state index < -0.39 is 0 Å². The lowest BCUT2D eigenvalue weighted by Crippen LogP contribution is -2.50. The van der Waals surface area contributed by atoms with Gasteiger partial charge in [-0.15, -0.1) is 23.1 Å². The quantitative estimate of drug-likeness (QED) is 0.764. The second-order valence-corrected chi connectivity index (χ2v) is 7.74. The van der Waals surface area contributed by atoms with Crippen LogP contribution in [0.4, 0.5) is 0 Å². The number of benzene rings is 1. The maximum absolute atomic E-state index is 13.0. The van der Waals surface area contributed by atoms with Crippen LogP contribution in [0.1, 0.15) is 16.1 Å². The van der Waals surface area contributed by atoms with Crippen LogP contribution in [-0.2, 0) is 10.5 Å². The predicted molar refractivity (Wildman–Crippen MR) is 105 cm³/mol. The normalized spacial score (nSPS) is 15.0. The third-order valence-electron chi connectivity index (χ3n) is 4.28. The number of thiazole rings is 1. The Morgan fingerprint density at radius 2 is 2.00 bits per heavy atom. The molecule has 1 N–H and O–H groups in total. The van der Waals surface area contributed by atoms with E-state index in [0.29, 0.717) is 32.7 Å². The van der Waals surface area contributed by atoms with Gasteiger partial charge in [0.2, 0.25) is 5.91 Å². The number of carbonyl (C=O) groups is 2. The molecule has 0 saturated carbocycles. The molecule has 1 fully saturated rings. The summed E-state index contributed by atoms with van der Waals surface area (Å²) in [5.74, 6) is 0.827. The number of rotatable bonds is 6. The van der Waals surface area contributed by atoms with Gasteiger partial charge in [-0.2, -0.15) is 0 Å². The average Bonchev–Trinajstić information content (AvgIpc) is 3.20. The van der Waals surface area contributed by atoms with Crippen LogP contribution in [0.15, 0.2) is 40.1 Å². The van der Waals surface area contributed by atoms with Crippen molar-refractivity contribution in [2.75, 3.05) is 39.8 Å². The molecule has 3 rings (SSSR count). The predicted octanol–water partition coefficient (Wildman–Crippen LogP) is 1.94. The van der Waals surface area contributed by atoms with E-state index in [0.717, 1.165) is 21.9 Å². The molecular weight excluding hydrogens is 368 g/mol. The molecule has 0 radical (unpaired) electrons. The minimum atomic E-state index is 0.00793. The van der Waals surface area contributed by atoms with E-state index in [9.17, 15) is 9.59 Å². The Kier molecular flexibility index (Phi) is 6.65. The average molecular weight is 391 g/mol. The van der Waals surface area contributed by atoms with Crippen LogP contribution in [0.2, 0.25) is 0 Å². The molecule has 6 nitrogen and oxygen atoms in total. The summed E-state index contributed by atoms with van der Waals surface area (Å²) in [4.78, 5) is 33.7. The highest BCUT2D eigenvalue weighted by atomic mass is 32.2. The number of likely N-dealkylation sites (N-methyl/N-ethyl adjacent to an activating group) is 1. The fraction of sp³-hybridized carbons (Fsp3) is 0.389. The lowest BCUT2D eigenvalue weighted by Gasteiger charge is -2.34. The zero-order valence-electron chi connectivity index (χ0n) is 14.7. The summed E-state index contributed by atoms with van der Waals surface area (Å²) in [5, 5.41) is 4.67. The van der Waals surface area contributed by atoms with Crippen LogP contribution in [0.25, 0.3) is 0 Å². The second-order valence-electron chi connectivity index (χ2n) is 6.01. The molecule has 0 bridgehead atoms. The van der Waals surface area contributed by atoms with Crippen molar-refractivity contribution in [1.29, 1.82) is 0 Å². The van der Waals surface area contributed by atoms with Crippen molar-refractivity contribution < 1.29 is 9.59 Å². The fourth-order valence-electron chi connectivity index (χ4n) is 2.79. The molecule has 2 aromatic rings. The summed E-state index contributed by atoms with van der Waals surface area (Å²) >= 11 is 3.22. The van der Waals surface area contributed by atoms with Crippen LogP contribution in [0.3, 0.4) is 0 Å². The molecule has 138 valence electrons. The van der Waals surface area contributed by atoms with Gasteiger partial charge in [-0.1, -0.05) is 12.1 Å². The molecule has 0 atom stereocenters. The monoisotopic (exact) mass is 390 g/mol. The van der Waals surface area contributed by atoms with Gasteiger partial charge in [0.15, 0.2) is 0 Å². The fourth-order valence-corrected chi connectivity index (χ4v) is 4.40. The summed E-state index contributed by atoms with van der Waals surface area (Å²) in [6.07, 6.45) is 0. The number of thioether (sulfide) groups is 1. The highest BCUT2D eigenvalue weighted by Gasteiger charge is 2.24. The van der Waals surface area contributed by atoms with Crippen molar-refractivity contribution in [2.45, 2.75) is 10.6 Å². The number of carbonyl (C=O) groups excluding carboxylic acids is 2. The Hall–Kier alpha value is -1.90. The van der Waals surface area contributed by atoms with E-state index in [2.05, 4.69) is 15.2 Å². The number of piperazine rings is 1. The van der Waals surface area contributed by atoms with Crippen LogP contribution in [0.5, 0.6) is 0 Å². The van der Waals surface area contributed by atoms with E-state index in [4.69, 9.17) is 0 Å². The molecule has 0 spiro atoms. The first kappa shape index (κ1) is 18.9. The molecule has 1 aliphatic heterocycles. The van der Waals surface area contributed by atoms with Crippen LogP contribution in [-0.4, -0.2) is 66.4 Å². The standard InChI is InChI=1S/C18H22N4O2S2/c1-19-17(23)10-21-6-8-22(9-7-21)18(24)15-4-2-3-5-16(15)26-12-14-11-25-13-20-14/h2-5,11,13H,6-10,12H2,1H3,(H,19,23). The van der Waals surface area contributed by atoms with Gasteiger partial charge in [0, 0.05) is 49.3 Å². The lowest BCUT2D eigenvalue weighted by atomic mass is 10.2. The number of hydrogen-bond donors (Lipinski definition) is 1. The molecule has 0 aliphatic carbocycles. The zero-order chi connectivity index (χ0) is 18.4. The summed E-state index contributed by atoms with van der Waals surface area (Å²) in [5.41, 5.74) is 3.60. The third kappa shape index (κ3) is 4.84. The lowest BCUT2D eigenvalue weighted by molar-refractivity contribution is -0.122. The molecular formula is C18H22N4O2S2. The summed E-state index contributed by atoms with van der Waals surface area (Å²) in [7, 11) is 1.64. The van der Waals surface area contributed by atoms with Crippen LogP contribution < -0.4 is 5.32 Å². The minimum absolute atomic E-state index is 0.00793. The first-order chi connectivity index (χ1) is 12.7. The number of hydrogen-bond acceptors (Lipinski definition) is 6. The van der Waals surface area contributed by atoms with Crippen molar-refractivity contribution >= 4 is 34.9 Å².